The van der Waals surface area contributed by atoms with Gasteiger partial charge in [0.05, 0.1) is 25.0 Å². The Hall–Kier alpha value is -3.64. The Bertz CT molecular complexity index is 1130. The van der Waals surface area contributed by atoms with Crippen LogP contribution in [0, 0.1) is 11.3 Å². The van der Waals surface area contributed by atoms with Crippen LogP contribution in [0.2, 0.25) is 0 Å². The summed E-state index contributed by atoms with van der Waals surface area (Å²) in [5.74, 6) is 1.07. The molecule has 3 aliphatic rings. The van der Waals surface area contributed by atoms with Crippen molar-refractivity contribution in [3.63, 3.8) is 0 Å². The topological polar surface area (TPSA) is 102 Å². The minimum absolute atomic E-state index is 0.00475. The van der Waals surface area contributed by atoms with Crippen molar-refractivity contribution in [2.24, 2.45) is 0 Å². The van der Waals surface area contributed by atoms with E-state index in [4.69, 9.17) is 9.72 Å². The van der Waals surface area contributed by atoms with Gasteiger partial charge in [0.2, 0.25) is 0 Å². The first kappa shape index (κ1) is 23.1. The number of benzene rings is 1. The zero-order valence-corrected chi connectivity index (χ0v) is 19.9. The van der Waals surface area contributed by atoms with Crippen LogP contribution in [0.4, 0.5) is 23.0 Å². The summed E-state index contributed by atoms with van der Waals surface area (Å²) in [5, 5.41) is 13.2. The number of morpholine rings is 1. The minimum Gasteiger partial charge on any atom is -0.378 e. The number of nitrogens with one attached hydrogen (secondary N) is 1. The van der Waals surface area contributed by atoms with E-state index in [0.717, 1.165) is 31.4 Å². The molecule has 0 radical (unpaired) electrons. The van der Waals surface area contributed by atoms with Gasteiger partial charge in [-0.05, 0) is 49.2 Å². The predicted molar refractivity (Wildman–Crippen MR) is 133 cm³/mol. The smallest absolute Gasteiger partial charge is 0.264 e. The molecule has 35 heavy (non-hydrogen) atoms. The number of likely N-dealkylation sites (N-methyl/N-ethyl adjacent to an activating group) is 1. The molecule has 1 saturated heterocycles. The Balaban J connectivity index is 1.39. The third kappa shape index (κ3) is 4.54. The fraction of sp³-hybridized carbons (Fsp3) is 0.462. The number of nitriles is 1. The molecule has 3 heterocycles. The van der Waals surface area contributed by atoms with Gasteiger partial charge < -0.3 is 24.8 Å². The van der Waals surface area contributed by atoms with Crippen LogP contribution < -0.4 is 15.1 Å². The van der Waals surface area contributed by atoms with Crippen LogP contribution in [0.3, 0.4) is 0 Å². The van der Waals surface area contributed by atoms with E-state index in [9.17, 15) is 14.9 Å². The van der Waals surface area contributed by atoms with Crippen molar-refractivity contribution in [3.05, 3.63) is 42.0 Å². The Morgan fingerprint density at radius 2 is 1.80 bits per heavy atom. The lowest BCUT2D eigenvalue weighted by Crippen LogP contribution is -2.56. The highest BCUT2D eigenvalue weighted by Gasteiger charge is 2.41. The minimum atomic E-state index is -0.871. The summed E-state index contributed by atoms with van der Waals surface area (Å²) >= 11 is 0. The highest BCUT2D eigenvalue weighted by molar-refractivity contribution is 6.06. The first-order valence-electron chi connectivity index (χ1n) is 12.3. The standard InChI is InChI=1S/C26H30N6O3/c1-30-21-11-12-23(28-19-9-7-18(8-10-19)25(33)31-13-15-35-16-14-31)29-24(21)32(22(17-27)26(30)34)20-5-3-2-4-6-20/h7-12,20,22H,2-6,13-16H2,1H3,(H,28,29). The molecule has 9 heteroatoms. The first-order chi connectivity index (χ1) is 17.1. The SMILES string of the molecule is CN1C(=O)C(C#N)N(C2CCCCC2)c2nc(Nc3ccc(C(=O)N4CCOCC4)cc3)ccc21. The summed E-state index contributed by atoms with van der Waals surface area (Å²) in [4.78, 5) is 35.8. The molecule has 1 N–H and O–H groups in total. The lowest BCUT2D eigenvalue weighted by Gasteiger charge is -2.43. The molecule has 2 aliphatic heterocycles. The molecular weight excluding hydrogens is 444 g/mol. The number of aromatic nitrogens is 1. The maximum absolute atomic E-state index is 12.9. The van der Waals surface area contributed by atoms with Gasteiger partial charge in [-0.2, -0.15) is 5.26 Å². The number of rotatable bonds is 4. The molecular formula is C26H30N6O3. The van der Waals surface area contributed by atoms with Crippen molar-refractivity contribution in [2.45, 2.75) is 44.2 Å². The number of ether oxygens (including phenoxy) is 1. The number of anilines is 4. The number of amides is 2. The Labute approximate surface area is 205 Å². The van der Waals surface area contributed by atoms with Crippen LogP contribution in [-0.4, -0.2) is 67.1 Å². The molecule has 2 amide bonds. The molecule has 2 aromatic rings. The van der Waals surface area contributed by atoms with E-state index >= 15 is 0 Å². The highest BCUT2D eigenvalue weighted by Crippen LogP contribution is 2.39. The van der Waals surface area contributed by atoms with Gasteiger partial charge in [-0.1, -0.05) is 19.3 Å². The molecule has 1 aromatic carbocycles. The van der Waals surface area contributed by atoms with E-state index in [1.165, 1.54) is 11.3 Å². The zero-order chi connectivity index (χ0) is 24.4. The van der Waals surface area contributed by atoms with E-state index in [0.29, 0.717) is 49.2 Å². The van der Waals surface area contributed by atoms with Gasteiger partial charge in [0, 0.05) is 37.4 Å². The quantitative estimate of drug-likeness (QED) is 0.725. The van der Waals surface area contributed by atoms with Crippen molar-refractivity contribution < 1.29 is 14.3 Å². The van der Waals surface area contributed by atoms with Crippen molar-refractivity contribution in [1.82, 2.24) is 9.88 Å². The number of carbonyl (C=O) groups is 2. The second-order valence-corrected chi connectivity index (χ2v) is 9.27. The number of fused-ring (bicyclic) bond motifs is 1. The van der Waals surface area contributed by atoms with Gasteiger partial charge in [-0.15, -0.1) is 0 Å². The molecule has 1 aromatic heterocycles. The second kappa shape index (κ2) is 9.92. The summed E-state index contributed by atoms with van der Waals surface area (Å²) in [6.07, 6.45) is 5.26. The van der Waals surface area contributed by atoms with Gasteiger partial charge in [-0.25, -0.2) is 4.98 Å². The Morgan fingerprint density at radius 1 is 1.09 bits per heavy atom. The molecule has 1 atom stereocenters. The number of carbonyl (C=O) groups excluding carboxylic acids is 2. The average molecular weight is 475 g/mol. The van der Waals surface area contributed by atoms with E-state index in [1.807, 2.05) is 41.3 Å². The number of hydrogen-bond acceptors (Lipinski definition) is 7. The van der Waals surface area contributed by atoms with Gasteiger partial charge in [0.15, 0.2) is 11.9 Å². The van der Waals surface area contributed by atoms with Gasteiger partial charge in [0.25, 0.3) is 11.8 Å². The van der Waals surface area contributed by atoms with Crippen LogP contribution >= 0.6 is 0 Å². The van der Waals surface area contributed by atoms with Crippen molar-refractivity contribution in [1.29, 1.82) is 5.26 Å². The number of hydrogen-bond donors (Lipinski definition) is 1. The van der Waals surface area contributed by atoms with Crippen LogP contribution in [-0.2, 0) is 9.53 Å². The predicted octanol–water partition coefficient (Wildman–Crippen LogP) is 3.31. The van der Waals surface area contributed by atoms with E-state index in [2.05, 4.69) is 11.4 Å². The molecule has 2 fully saturated rings. The molecule has 9 nitrogen and oxygen atoms in total. The van der Waals surface area contributed by atoms with Crippen LogP contribution in [0.15, 0.2) is 36.4 Å². The van der Waals surface area contributed by atoms with Gasteiger partial charge in [-0.3, -0.25) is 9.59 Å². The summed E-state index contributed by atoms with van der Waals surface area (Å²) in [5.41, 5.74) is 2.15. The van der Waals surface area contributed by atoms with E-state index in [-0.39, 0.29) is 17.9 Å². The highest BCUT2D eigenvalue weighted by atomic mass is 16.5. The Morgan fingerprint density at radius 3 is 2.49 bits per heavy atom. The van der Waals surface area contributed by atoms with Crippen LogP contribution in [0.25, 0.3) is 0 Å². The summed E-state index contributed by atoms with van der Waals surface area (Å²) in [6, 6.07) is 12.5. The van der Waals surface area contributed by atoms with Crippen molar-refractivity contribution >= 4 is 34.8 Å². The first-order valence-corrected chi connectivity index (χ1v) is 12.3. The molecule has 0 spiro atoms. The maximum atomic E-state index is 12.9. The third-order valence-electron chi connectivity index (χ3n) is 7.10. The monoisotopic (exact) mass is 474 g/mol. The summed E-state index contributed by atoms with van der Waals surface area (Å²) in [7, 11) is 1.70. The molecule has 1 saturated carbocycles. The van der Waals surface area contributed by atoms with Crippen molar-refractivity contribution in [2.75, 3.05) is 48.5 Å². The molecule has 182 valence electrons. The summed E-state index contributed by atoms with van der Waals surface area (Å²) in [6.45, 7) is 2.35. The van der Waals surface area contributed by atoms with E-state index in [1.54, 1.807) is 11.9 Å². The van der Waals surface area contributed by atoms with E-state index < -0.39 is 6.04 Å². The maximum Gasteiger partial charge on any atom is 0.264 e. The Kier molecular flexibility index (Phi) is 6.55. The zero-order valence-electron chi connectivity index (χ0n) is 19.9. The fourth-order valence-corrected chi connectivity index (χ4v) is 5.16. The molecule has 1 aliphatic carbocycles. The molecule has 1 unspecified atom stereocenters. The fourth-order valence-electron chi connectivity index (χ4n) is 5.16. The normalized spacial score (nSPS) is 20.9. The largest absolute Gasteiger partial charge is 0.378 e. The van der Waals surface area contributed by atoms with Crippen molar-refractivity contribution in [3.8, 4) is 6.07 Å². The molecule has 5 rings (SSSR count). The molecule has 0 bridgehead atoms. The summed E-state index contributed by atoms with van der Waals surface area (Å²) < 4.78 is 5.33. The second-order valence-electron chi connectivity index (χ2n) is 9.27. The van der Waals surface area contributed by atoms with Gasteiger partial charge >= 0.3 is 0 Å². The van der Waals surface area contributed by atoms with Gasteiger partial charge in [0.1, 0.15) is 5.82 Å². The lowest BCUT2D eigenvalue weighted by molar-refractivity contribution is -0.118. The number of nitrogens with zero attached hydrogens (tertiary/aromatic N) is 5. The van der Waals surface area contributed by atoms with Crippen LogP contribution in [0.1, 0.15) is 42.5 Å². The average Bonchev–Trinajstić information content (AvgIpc) is 2.91. The third-order valence-corrected chi connectivity index (χ3v) is 7.10. The lowest BCUT2D eigenvalue weighted by atomic mass is 9.92. The number of pyridine rings is 1. The van der Waals surface area contributed by atoms with Crippen LogP contribution in [0.5, 0.6) is 0 Å².